The summed E-state index contributed by atoms with van der Waals surface area (Å²) in [5.41, 5.74) is 5.55. The Morgan fingerprint density at radius 3 is 2.47 bits per heavy atom. The van der Waals surface area contributed by atoms with E-state index in [4.69, 9.17) is 20.3 Å². The zero-order valence-corrected chi connectivity index (χ0v) is 18.1. The monoisotopic (exact) mass is 522 g/mol. The molecule has 6 atom stereocenters. The Labute approximate surface area is 176 Å². The Hall–Kier alpha value is -1.40. The van der Waals surface area contributed by atoms with Gasteiger partial charge in [0.15, 0.2) is 17.6 Å². The Morgan fingerprint density at radius 2 is 1.84 bits per heavy atom. The zero-order chi connectivity index (χ0) is 24.1. The lowest BCUT2D eigenvalue weighted by molar-refractivity contribution is -0.286. The average molecular weight is 522 g/mol. The predicted octanol–water partition coefficient (Wildman–Crippen LogP) is -2.95. The molecule has 0 aliphatic carbocycles. The van der Waals surface area contributed by atoms with Gasteiger partial charge in [-0.2, -0.15) is 4.31 Å². The Balaban J connectivity index is 1.75. The highest BCUT2D eigenvalue weighted by atomic mass is 31.3. The molecule has 0 amide bonds. The van der Waals surface area contributed by atoms with Gasteiger partial charge < -0.3 is 45.4 Å². The van der Waals surface area contributed by atoms with E-state index in [-0.39, 0.29) is 17.0 Å². The van der Waals surface area contributed by atoms with Crippen LogP contribution in [0.1, 0.15) is 0 Å². The van der Waals surface area contributed by atoms with Gasteiger partial charge in [0.2, 0.25) is 0 Å². The van der Waals surface area contributed by atoms with Crippen molar-refractivity contribution in [3.05, 3.63) is 12.7 Å². The third kappa shape index (κ3) is 5.22. The molecule has 0 spiro atoms. The number of imidazole rings is 1. The molecule has 2 unspecified atom stereocenters. The van der Waals surface area contributed by atoms with Gasteiger partial charge in [0.05, 0.1) is 6.61 Å². The minimum absolute atomic E-state index is 0.0235. The number of anilines is 1. The van der Waals surface area contributed by atoms with Crippen LogP contribution in [0.15, 0.2) is 12.7 Å². The Kier molecular flexibility index (Phi) is 6.64. The SMILES string of the molecule is Nc1ncnc2c1ncn2[C@]1(O)O[C@H](COP(=O)(O)OP(=O)(O)NP(=O)(O)O)[C@@H](O)[C@H]1O. The highest BCUT2D eigenvalue weighted by Crippen LogP contribution is 2.61. The molecule has 180 valence electrons. The van der Waals surface area contributed by atoms with E-state index in [1.54, 1.807) is 0 Å². The number of hydrogen-bond donors (Lipinski definition) is 9. The van der Waals surface area contributed by atoms with E-state index < -0.39 is 54.1 Å². The van der Waals surface area contributed by atoms with Gasteiger partial charge in [-0.15, -0.1) is 4.86 Å². The third-order valence-corrected chi connectivity index (χ3v) is 8.23. The number of fused-ring (bicyclic) bond motifs is 1. The summed E-state index contributed by atoms with van der Waals surface area (Å²) < 4.78 is 48.2. The number of aliphatic hydroxyl groups is 3. The van der Waals surface area contributed by atoms with Crippen LogP contribution in [0.25, 0.3) is 11.2 Å². The van der Waals surface area contributed by atoms with E-state index in [0.717, 1.165) is 22.1 Å². The maximum Gasteiger partial charge on any atom is 0.480 e. The molecule has 10 N–H and O–H groups in total. The third-order valence-electron chi connectivity index (χ3n) is 3.99. The van der Waals surface area contributed by atoms with Crippen molar-refractivity contribution < 1.29 is 62.2 Å². The van der Waals surface area contributed by atoms with Crippen molar-refractivity contribution in [2.45, 2.75) is 24.2 Å². The quantitative estimate of drug-likeness (QED) is 0.156. The molecule has 2 aromatic rings. The average Bonchev–Trinajstić information content (AvgIpc) is 3.14. The van der Waals surface area contributed by atoms with Crippen LogP contribution in [0.3, 0.4) is 0 Å². The van der Waals surface area contributed by atoms with Gasteiger partial charge in [0.25, 0.3) is 5.91 Å². The van der Waals surface area contributed by atoms with Crippen LogP contribution in [-0.2, 0) is 33.2 Å². The second-order valence-electron chi connectivity index (χ2n) is 6.31. The predicted molar refractivity (Wildman–Crippen MR) is 98.7 cm³/mol. The van der Waals surface area contributed by atoms with Crippen molar-refractivity contribution in [3.8, 4) is 0 Å². The fraction of sp³-hybridized carbons (Fsp3) is 0.500. The van der Waals surface area contributed by atoms with Gasteiger partial charge in [-0.25, -0.2) is 28.6 Å². The van der Waals surface area contributed by atoms with E-state index >= 15 is 0 Å². The zero-order valence-electron chi connectivity index (χ0n) is 15.4. The summed E-state index contributed by atoms with van der Waals surface area (Å²) in [5, 5.41) is 31.2. The molecule has 1 aliphatic rings. The Bertz CT molecular complexity index is 1150. The summed E-state index contributed by atoms with van der Waals surface area (Å²) in [4.78, 5) is 48.1. The van der Waals surface area contributed by atoms with Crippen LogP contribution in [0.5, 0.6) is 0 Å². The number of aromatic nitrogens is 4. The molecule has 19 nitrogen and oxygen atoms in total. The minimum Gasteiger partial charge on any atom is -0.387 e. The summed E-state index contributed by atoms with van der Waals surface area (Å²) in [6, 6.07) is 0. The van der Waals surface area contributed by atoms with E-state index in [1.165, 1.54) is 0 Å². The van der Waals surface area contributed by atoms with Gasteiger partial charge in [0.1, 0.15) is 30.4 Å². The van der Waals surface area contributed by atoms with E-state index in [1.807, 2.05) is 0 Å². The molecule has 0 aromatic carbocycles. The number of phosphoric ester groups is 1. The summed E-state index contributed by atoms with van der Waals surface area (Å²) in [6.07, 6.45) is -3.75. The van der Waals surface area contributed by atoms with Gasteiger partial charge >= 0.3 is 23.3 Å². The number of nitrogens with one attached hydrogen (secondary N) is 1. The van der Waals surface area contributed by atoms with Crippen LogP contribution < -0.4 is 10.6 Å². The highest BCUT2D eigenvalue weighted by Gasteiger charge is 2.56. The van der Waals surface area contributed by atoms with Crippen molar-refractivity contribution >= 4 is 40.3 Å². The largest absolute Gasteiger partial charge is 0.480 e. The molecule has 2 aromatic heterocycles. The van der Waals surface area contributed by atoms with Crippen LogP contribution >= 0.6 is 23.3 Å². The molecule has 1 saturated heterocycles. The second kappa shape index (κ2) is 8.43. The van der Waals surface area contributed by atoms with Gasteiger partial charge in [-0.05, 0) is 0 Å². The van der Waals surface area contributed by atoms with Crippen molar-refractivity contribution in [1.29, 1.82) is 0 Å². The number of rotatable bonds is 8. The first kappa shape index (κ1) is 25.2. The number of nitrogens with zero attached hydrogens (tertiary/aromatic N) is 4. The van der Waals surface area contributed by atoms with Crippen LogP contribution in [0.2, 0.25) is 0 Å². The van der Waals surface area contributed by atoms with Crippen molar-refractivity contribution in [2.24, 2.45) is 0 Å². The maximum absolute atomic E-state index is 11.8. The number of phosphoric acid groups is 1. The molecule has 22 heteroatoms. The lowest BCUT2D eigenvalue weighted by Gasteiger charge is -2.27. The standard InChI is InChI=1S/C10H17N6O13P3/c11-8-5-9(13-2-12-8)16(3-14-5)10(19)7(18)6(17)4(28-10)1-27-32(25,26)29-31(23,24)15-30(20,21)22/h2-4,6-7,17-19H,1H2,(H,25,26)(H2,11,12,13)(H4,15,20,21,22,23,24)/t4-,6-,7-,10-/m1/s1. The normalized spacial score (nSPS) is 30.3. The van der Waals surface area contributed by atoms with E-state index in [0.29, 0.717) is 0 Å². The van der Waals surface area contributed by atoms with E-state index in [2.05, 4.69) is 23.8 Å². The maximum atomic E-state index is 11.8. The molecule has 3 heterocycles. The summed E-state index contributed by atoms with van der Waals surface area (Å²) in [5.74, 6) is -2.78. The molecular weight excluding hydrogens is 505 g/mol. The fourth-order valence-electron chi connectivity index (χ4n) is 2.72. The van der Waals surface area contributed by atoms with Crippen LogP contribution in [0.4, 0.5) is 5.82 Å². The molecule has 32 heavy (non-hydrogen) atoms. The smallest absolute Gasteiger partial charge is 0.387 e. The number of hydrogen-bond acceptors (Lipinski definition) is 13. The fourth-order valence-corrected chi connectivity index (χ4v) is 6.16. The molecule has 1 aliphatic heterocycles. The van der Waals surface area contributed by atoms with Crippen molar-refractivity contribution in [2.75, 3.05) is 12.3 Å². The van der Waals surface area contributed by atoms with Gasteiger partial charge in [-0.3, -0.25) is 9.09 Å². The minimum atomic E-state index is -5.51. The number of aliphatic hydroxyl groups excluding tert-OH is 2. The molecule has 0 radical (unpaired) electrons. The highest BCUT2D eigenvalue weighted by molar-refractivity contribution is 7.70. The summed E-state index contributed by atoms with van der Waals surface area (Å²) >= 11 is 0. The first-order valence-corrected chi connectivity index (χ1v) is 12.8. The van der Waals surface area contributed by atoms with Crippen LogP contribution in [-0.4, -0.2) is 79.3 Å². The lowest BCUT2D eigenvalue weighted by Crippen LogP contribution is -2.45. The number of nitrogen functional groups attached to an aromatic ring is 1. The topological polar surface area (TPSA) is 302 Å². The first-order valence-electron chi connectivity index (χ1n) is 8.11. The molecular formula is C10H17N6O13P3. The second-order valence-corrected chi connectivity index (χ2v) is 11.1. The molecule has 1 fully saturated rings. The van der Waals surface area contributed by atoms with Crippen LogP contribution in [0, 0.1) is 0 Å². The lowest BCUT2D eigenvalue weighted by atomic mass is 10.1. The first-order chi connectivity index (χ1) is 14.5. The van der Waals surface area contributed by atoms with Gasteiger partial charge in [-0.1, -0.05) is 0 Å². The number of ether oxygens (including phenoxy) is 1. The molecule has 3 rings (SSSR count). The Morgan fingerprint density at radius 1 is 1.19 bits per heavy atom. The molecule has 0 saturated carbocycles. The summed E-state index contributed by atoms with van der Waals surface area (Å²) in [7, 11) is -16.3. The van der Waals surface area contributed by atoms with Crippen molar-refractivity contribution in [3.63, 3.8) is 0 Å². The number of nitrogens with two attached hydrogens (primary N) is 1. The molecule has 0 bridgehead atoms. The van der Waals surface area contributed by atoms with E-state index in [9.17, 15) is 38.8 Å². The summed E-state index contributed by atoms with van der Waals surface area (Å²) in [6.45, 7) is -1.10. The van der Waals surface area contributed by atoms with Gasteiger partial charge in [0, 0.05) is 0 Å². The van der Waals surface area contributed by atoms with Crippen molar-refractivity contribution in [1.82, 2.24) is 24.4 Å².